The molecule has 0 aromatic heterocycles. The maximum Gasteiger partial charge on any atom is 0.353 e. The molecule has 86 valence electrons. The van der Waals surface area contributed by atoms with Crippen molar-refractivity contribution < 1.29 is 24.3 Å². The maximum atomic E-state index is 11.2. The molecule has 1 unspecified atom stereocenters. The lowest BCUT2D eigenvalue weighted by atomic mass is 10.1. The molecule has 1 N–H and O–H groups in total. The molecule has 15 heavy (non-hydrogen) atoms. The molecule has 1 atom stereocenters. The molecule has 0 rings (SSSR count). The Bertz CT molecular complexity index is 272. The number of ether oxygens (including phenoxy) is 1. The van der Waals surface area contributed by atoms with Crippen molar-refractivity contribution in [2.45, 2.75) is 26.9 Å². The van der Waals surface area contributed by atoms with E-state index in [4.69, 9.17) is 9.94 Å². The molecule has 0 bridgehead atoms. The van der Waals surface area contributed by atoms with E-state index in [-0.39, 0.29) is 11.6 Å². The summed E-state index contributed by atoms with van der Waals surface area (Å²) in [5, 5.41) is 11.8. The third kappa shape index (κ3) is 4.44. The molecule has 0 fully saturated rings. The molecule has 0 amide bonds. The zero-order valence-electron chi connectivity index (χ0n) is 9.18. The zero-order valence-corrected chi connectivity index (χ0v) is 9.18. The van der Waals surface area contributed by atoms with E-state index in [0.717, 1.165) is 0 Å². The average molecular weight is 217 g/mol. The van der Waals surface area contributed by atoms with E-state index in [1.807, 2.05) is 0 Å². The molecule has 0 aromatic rings. The number of oxime groups is 1. The van der Waals surface area contributed by atoms with E-state index < -0.39 is 18.0 Å². The molecule has 6 heteroatoms. The molecule has 0 radical (unpaired) electrons. The summed E-state index contributed by atoms with van der Waals surface area (Å²) in [5.74, 6) is -1.92. The Morgan fingerprint density at radius 3 is 2.20 bits per heavy atom. The number of carboxylic acid groups (broad SMARTS) is 1. The highest BCUT2D eigenvalue weighted by atomic mass is 16.7. The minimum absolute atomic E-state index is 0.150. The number of esters is 1. The van der Waals surface area contributed by atoms with Crippen LogP contribution in [-0.4, -0.2) is 36.0 Å². The minimum Gasteiger partial charge on any atom is -0.477 e. The minimum atomic E-state index is -1.19. The monoisotopic (exact) mass is 217 g/mol. The van der Waals surface area contributed by atoms with Gasteiger partial charge in [-0.25, -0.2) is 9.59 Å². The van der Waals surface area contributed by atoms with Gasteiger partial charge in [-0.2, -0.15) is 0 Å². The van der Waals surface area contributed by atoms with Crippen molar-refractivity contribution in [2.24, 2.45) is 11.1 Å². The van der Waals surface area contributed by atoms with E-state index in [1.165, 1.54) is 14.0 Å². The summed E-state index contributed by atoms with van der Waals surface area (Å²) in [7, 11) is 1.23. The van der Waals surface area contributed by atoms with Crippen molar-refractivity contribution in [3.05, 3.63) is 0 Å². The number of aliphatic carboxylic acids is 1. The highest BCUT2D eigenvalue weighted by molar-refractivity contribution is 6.34. The predicted octanol–water partition coefficient (Wildman–Crippen LogP) is 0.661. The first kappa shape index (κ1) is 13.4. The van der Waals surface area contributed by atoms with Gasteiger partial charge in [0.2, 0.25) is 6.10 Å². The van der Waals surface area contributed by atoms with Gasteiger partial charge in [0.15, 0.2) is 5.71 Å². The Hall–Kier alpha value is -1.59. The van der Waals surface area contributed by atoms with Gasteiger partial charge in [-0.15, -0.1) is 0 Å². The largest absolute Gasteiger partial charge is 0.477 e. The van der Waals surface area contributed by atoms with Gasteiger partial charge in [0, 0.05) is 5.92 Å². The van der Waals surface area contributed by atoms with Crippen molar-refractivity contribution in [3.63, 3.8) is 0 Å². The summed E-state index contributed by atoms with van der Waals surface area (Å²) in [6.45, 7) is 4.76. The van der Waals surface area contributed by atoms with Crippen LogP contribution in [0.3, 0.4) is 0 Å². The fourth-order valence-corrected chi connectivity index (χ4v) is 0.728. The van der Waals surface area contributed by atoms with Gasteiger partial charge in [0.05, 0.1) is 7.11 Å². The summed E-state index contributed by atoms with van der Waals surface area (Å²) >= 11 is 0. The van der Waals surface area contributed by atoms with Gasteiger partial charge >= 0.3 is 11.9 Å². The lowest BCUT2D eigenvalue weighted by Gasteiger charge is -2.15. The Labute approximate surface area is 87.9 Å². The van der Waals surface area contributed by atoms with Crippen LogP contribution in [0.15, 0.2) is 5.16 Å². The van der Waals surface area contributed by atoms with Crippen molar-refractivity contribution in [1.29, 1.82) is 0 Å². The van der Waals surface area contributed by atoms with E-state index >= 15 is 0 Å². The quantitative estimate of drug-likeness (QED) is 0.415. The maximum absolute atomic E-state index is 11.2. The molecular weight excluding hydrogens is 202 g/mol. The molecule has 0 saturated heterocycles. The van der Waals surface area contributed by atoms with Crippen molar-refractivity contribution in [3.8, 4) is 0 Å². The standard InChI is InChI=1S/C9H15NO5/c1-5(2)7(9(13)14-4)15-10-6(3)8(11)12/h5,7H,1-4H3,(H,11,12)/b10-6+. The van der Waals surface area contributed by atoms with E-state index in [1.54, 1.807) is 13.8 Å². The normalized spacial score (nSPS) is 13.5. The molecule has 0 aliphatic carbocycles. The summed E-state index contributed by atoms with van der Waals surface area (Å²) in [5.41, 5.74) is -0.218. The number of hydrogen-bond acceptors (Lipinski definition) is 5. The first-order valence-electron chi connectivity index (χ1n) is 4.41. The second-order valence-electron chi connectivity index (χ2n) is 3.28. The van der Waals surface area contributed by atoms with Gasteiger partial charge < -0.3 is 14.7 Å². The number of nitrogens with zero attached hydrogens (tertiary/aromatic N) is 1. The number of carbonyl (C=O) groups is 2. The van der Waals surface area contributed by atoms with Gasteiger partial charge in [-0.1, -0.05) is 19.0 Å². The predicted molar refractivity (Wildman–Crippen MR) is 52.5 cm³/mol. The smallest absolute Gasteiger partial charge is 0.353 e. The van der Waals surface area contributed by atoms with Crippen LogP contribution in [-0.2, 0) is 19.2 Å². The first-order chi connectivity index (χ1) is 6.90. The topological polar surface area (TPSA) is 85.2 Å². The van der Waals surface area contributed by atoms with Crippen molar-refractivity contribution >= 4 is 17.7 Å². The SMILES string of the molecule is COC(=O)C(O/N=C(\C)C(=O)O)C(C)C. The fourth-order valence-electron chi connectivity index (χ4n) is 0.728. The molecule has 0 heterocycles. The zero-order chi connectivity index (χ0) is 12.0. The van der Waals surface area contributed by atoms with Crippen LogP contribution >= 0.6 is 0 Å². The summed E-state index contributed by atoms with van der Waals surface area (Å²) < 4.78 is 4.49. The molecule has 0 aromatic carbocycles. The molecular formula is C9H15NO5. The van der Waals surface area contributed by atoms with E-state index in [2.05, 4.69) is 9.89 Å². The van der Waals surface area contributed by atoms with Crippen molar-refractivity contribution in [2.75, 3.05) is 7.11 Å². The van der Waals surface area contributed by atoms with Crippen LogP contribution in [0.4, 0.5) is 0 Å². The van der Waals surface area contributed by atoms with Gasteiger partial charge in [0.25, 0.3) is 0 Å². The highest BCUT2D eigenvalue weighted by Gasteiger charge is 2.25. The number of hydrogen-bond donors (Lipinski definition) is 1. The molecule has 0 aliphatic rings. The average Bonchev–Trinajstić information content (AvgIpc) is 2.16. The molecule has 0 saturated carbocycles. The summed E-state index contributed by atoms with van der Waals surface area (Å²) in [6.07, 6.45) is -0.885. The number of rotatable bonds is 5. The van der Waals surface area contributed by atoms with Gasteiger partial charge in [-0.3, -0.25) is 0 Å². The van der Waals surface area contributed by atoms with Crippen LogP contribution in [0.25, 0.3) is 0 Å². The number of methoxy groups -OCH3 is 1. The first-order valence-corrected chi connectivity index (χ1v) is 4.41. The van der Waals surface area contributed by atoms with Crippen LogP contribution in [0.5, 0.6) is 0 Å². The lowest BCUT2D eigenvalue weighted by Crippen LogP contribution is -2.30. The molecule has 6 nitrogen and oxygen atoms in total. The Morgan fingerprint density at radius 1 is 1.33 bits per heavy atom. The Kier molecular flexibility index (Phi) is 5.36. The Balaban J connectivity index is 4.50. The Morgan fingerprint density at radius 2 is 1.87 bits per heavy atom. The summed E-state index contributed by atoms with van der Waals surface area (Å²) in [6, 6.07) is 0. The summed E-state index contributed by atoms with van der Waals surface area (Å²) in [4.78, 5) is 26.4. The fraction of sp³-hybridized carbons (Fsp3) is 0.667. The van der Waals surface area contributed by atoms with Gasteiger partial charge in [-0.05, 0) is 6.92 Å². The highest BCUT2D eigenvalue weighted by Crippen LogP contribution is 2.08. The van der Waals surface area contributed by atoms with Crippen LogP contribution < -0.4 is 0 Å². The molecule has 0 spiro atoms. The molecule has 0 aliphatic heterocycles. The second kappa shape index (κ2) is 6.00. The van der Waals surface area contributed by atoms with Gasteiger partial charge in [0.1, 0.15) is 0 Å². The second-order valence-corrected chi connectivity index (χ2v) is 3.28. The number of carbonyl (C=O) groups excluding carboxylic acids is 1. The van der Waals surface area contributed by atoms with Crippen molar-refractivity contribution in [1.82, 2.24) is 0 Å². The number of carboxylic acids is 1. The van der Waals surface area contributed by atoms with E-state index in [9.17, 15) is 9.59 Å². The van der Waals surface area contributed by atoms with Crippen LogP contribution in [0.1, 0.15) is 20.8 Å². The third-order valence-electron chi connectivity index (χ3n) is 1.65. The lowest BCUT2D eigenvalue weighted by molar-refractivity contribution is -0.157. The third-order valence-corrected chi connectivity index (χ3v) is 1.65. The van der Waals surface area contributed by atoms with Crippen LogP contribution in [0.2, 0.25) is 0 Å². The van der Waals surface area contributed by atoms with Crippen LogP contribution in [0, 0.1) is 5.92 Å². The van der Waals surface area contributed by atoms with E-state index in [0.29, 0.717) is 0 Å².